The van der Waals surface area contributed by atoms with Crippen molar-refractivity contribution in [1.29, 1.82) is 0 Å². The number of ether oxygens (including phenoxy) is 2. The van der Waals surface area contributed by atoms with E-state index in [0.717, 1.165) is 5.82 Å². The molecule has 0 bridgehead atoms. The molecule has 156 valence electrons. The van der Waals surface area contributed by atoms with Crippen molar-refractivity contribution < 1.29 is 22.7 Å². The number of carbonyl (C=O) groups is 1. The lowest BCUT2D eigenvalue weighted by atomic mass is 10.1. The Labute approximate surface area is 173 Å². The van der Waals surface area contributed by atoms with Crippen LogP contribution in [0.1, 0.15) is 12.2 Å². The first-order chi connectivity index (χ1) is 13.9. The minimum absolute atomic E-state index is 0.0826. The van der Waals surface area contributed by atoms with Crippen molar-refractivity contribution in [2.24, 2.45) is 13.0 Å². The fourth-order valence-electron chi connectivity index (χ4n) is 3.39. The molecule has 0 saturated carbocycles. The minimum atomic E-state index is -2.91. The van der Waals surface area contributed by atoms with E-state index in [9.17, 15) is 13.2 Å². The highest BCUT2D eigenvalue weighted by molar-refractivity contribution is 7.99. The Morgan fingerprint density at radius 2 is 2.07 bits per heavy atom. The summed E-state index contributed by atoms with van der Waals surface area (Å²) in [6.45, 7) is 1.01. The number of nitrogens with one attached hydrogen (secondary N) is 1. The molecule has 2 aromatic rings. The normalized spacial score (nSPS) is 19.8. The van der Waals surface area contributed by atoms with Gasteiger partial charge in [-0.05, 0) is 24.5 Å². The molecule has 1 fully saturated rings. The lowest BCUT2D eigenvalue weighted by Crippen LogP contribution is -2.17. The first kappa shape index (κ1) is 20.0. The molecule has 3 heterocycles. The van der Waals surface area contributed by atoms with Gasteiger partial charge >= 0.3 is 0 Å². The van der Waals surface area contributed by atoms with Gasteiger partial charge in [0, 0.05) is 25.2 Å². The number of hydrogen-bond acceptors (Lipinski definition) is 8. The summed E-state index contributed by atoms with van der Waals surface area (Å²) >= 11 is 1.28. The first-order valence-electron chi connectivity index (χ1n) is 9.30. The van der Waals surface area contributed by atoms with Gasteiger partial charge in [0.2, 0.25) is 5.91 Å². The SMILES string of the molecule is Cn1c(C[C@@H]2CCS(=O)(=O)C2)nnc1SCC(=O)Nc1ccc2c(c1)OCCO2. The molecule has 0 unspecified atom stereocenters. The molecule has 29 heavy (non-hydrogen) atoms. The highest BCUT2D eigenvalue weighted by Gasteiger charge is 2.29. The standard InChI is InChI=1S/C18H22N4O5S2/c1-22-16(8-12-4-7-29(24,25)11-12)20-21-18(22)28-10-17(23)19-13-2-3-14-15(9-13)27-6-5-26-14/h2-3,9,12H,4-8,10-11H2,1H3,(H,19,23)/t12-/m0/s1. The third-order valence-electron chi connectivity index (χ3n) is 4.88. The van der Waals surface area contributed by atoms with Gasteiger partial charge in [0.15, 0.2) is 26.5 Å². The molecule has 2 aliphatic heterocycles. The van der Waals surface area contributed by atoms with Crippen molar-refractivity contribution >= 4 is 33.2 Å². The lowest BCUT2D eigenvalue weighted by molar-refractivity contribution is -0.113. The summed E-state index contributed by atoms with van der Waals surface area (Å²) in [4.78, 5) is 12.3. The molecule has 9 nitrogen and oxygen atoms in total. The van der Waals surface area contributed by atoms with Crippen molar-refractivity contribution in [3.63, 3.8) is 0 Å². The summed E-state index contributed by atoms with van der Waals surface area (Å²) in [6.07, 6.45) is 1.24. The second-order valence-electron chi connectivity index (χ2n) is 7.13. The highest BCUT2D eigenvalue weighted by Crippen LogP contribution is 2.32. The number of nitrogens with zero attached hydrogens (tertiary/aromatic N) is 3. The Morgan fingerprint density at radius 1 is 1.28 bits per heavy atom. The van der Waals surface area contributed by atoms with E-state index in [0.29, 0.717) is 48.4 Å². The number of thioether (sulfide) groups is 1. The molecule has 1 atom stereocenters. The van der Waals surface area contributed by atoms with E-state index in [1.807, 2.05) is 11.6 Å². The quantitative estimate of drug-likeness (QED) is 0.672. The molecular formula is C18H22N4O5S2. The number of rotatable bonds is 6. The van der Waals surface area contributed by atoms with Crippen molar-refractivity contribution in [3.05, 3.63) is 24.0 Å². The second kappa shape index (κ2) is 8.23. The zero-order valence-electron chi connectivity index (χ0n) is 16.0. The van der Waals surface area contributed by atoms with Gasteiger partial charge in [-0.3, -0.25) is 4.79 Å². The maximum absolute atomic E-state index is 12.3. The van der Waals surface area contributed by atoms with Crippen molar-refractivity contribution in [2.45, 2.75) is 18.0 Å². The molecule has 1 N–H and O–H groups in total. The molecular weight excluding hydrogens is 416 g/mol. The zero-order valence-corrected chi connectivity index (χ0v) is 17.6. The van der Waals surface area contributed by atoms with E-state index < -0.39 is 9.84 Å². The topological polar surface area (TPSA) is 112 Å². The Bertz CT molecular complexity index is 1020. The predicted molar refractivity (Wildman–Crippen MR) is 108 cm³/mol. The Kier molecular flexibility index (Phi) is 5.68. The molecule has 0 radical (unpaired) electrons. The van der Waals surface area contributed by atoms with Crippen LogP contribution in [0, 0.1) is 5.92 Å². The van der Waals surface area contributed by atoms with Crippen LogP contribution in [-0.4, -0.2) is 59.6 Å². The van der Waals surface area contributed by atoms with Gasteiger partial charge in [0.1, 0.15) is 19.0 Å². The summed E-state index contributed by atoms with van der Waals surface area (Å²) in [5, 5.41) is 11.8. The number of benzene rings is 1. The van der Waals surface area contributed by atoms with E-state index >= 15 is 0 Å². The average Bonchev–Trinajstić information content (AvgIpc) is 3.22. The highest BCUT2D eigenvalue weighted by atomic mass is 32.2. The van der Waals surface area contributed by atoms with E-state index in [1.165, 1.54) is 11.8 Å². The van der Waals surface area contributed by atoms with Crippen LogP contribution in [-0.2, 0) is 28.1 Å². The van der Waals surface area contributed by atoms with Crippen LogP contribution in [0.3, 0.4) is 0 Å². The van der Waals surface area contributed by atoms with Crippen molar-refractivity contribution in [1.82, 2.24) is 14.8 Å². The van der Waals surface area contributed by atoms with Crippen molar-refractivity contribution in [2.75, 3.05) is 35.8 Å². The third-order valence-corrected chi connectivity index (χ3v) is 7.74. The molecule has 0 spiro atoms. The van der Waals surface area contributed by atoms with Crippen LogP contribution >= 0.6 is 11.8 Å². The summed E-state index contributed by atoms with van der Waals surface area (Å²) in [6, 6.07) is 5.29. The lowest BCUT2D eigenvalue weighted by Gasteiger charge is -2.18. The van der Waals surface area contributed by atoms with E-state index in [-0.39, 0.29) is 29.1 Å². The molecule has 2 aliphatic rings. The number of carbonyl (C=O) groups excluding carboxylic acids is 1. The average molecular weight is 439 g/mol. The molecule has 0 aliphatic carbocycles. The van der Waals surface area contributed by atoms with E-state index in [4.69, 9.17) is 9.47 Å². The van der Waals surface area contributed by atoms with Gasteiger partial charge < -0.3 is 19.4 Å². The Hall–Kier alpha value is -2.27. The van der Waals surface area contributed by atoms with Gasteiger partial charge in [-0.25, -0.2) is 8.42 Å². The van der Waals surface area contributed by atoms with Crippen LogP contribution in [0.25, 0.3) is 0 Å². The van der Waals surface area contributed by atoms with Gasteiger partial charge in [-0.2, -0.15) is 0 Å². The fraction of sp³-hybridized carbons (Fsp3) is 0.500. The summed E-state index contributed by atoms with van der Waals surface area (Å²) < 4.78 is 36.1. The first-order valence-corrected chi connectivity index (χ1v) is 12.1. The fourth-order valence-corrected chi connectivity index (χ4v) is 5.98. The number of anilines is 1. The van der Waals surface area contributed by atoms with Crippen LogP contribution in [0.5, 0.6) is 11.5 Å². The summed E-state index contributed by atoms with van der Waals surface area (Å²) in [5.41, 5.74) is 0.640. The van der Waals surface area contributed by atoms with Crippen LogP contribution < -0.4 is 14.8 Å². The molecule has 1 amide bonds. The third kappa shape index (κ3) is 4.84. The number of fused-ring (bicyclic) bond motifs is 1. The molecule has 4 rings (SSSR count). The van der Waals surface area contributed by atoms with Crippen LogP contribution in [0.15, 0.2) is 23.4 Å². The summed E-state index contributed by atoms with van der Waals surface area (Å²) in [7, 11) is -1.08. The summed E-state index contributed by atoms with van der Waals surface area (Å²) in [5.74, 6) is 2.58. The number of aromatic nitrogens is 3. The predicted octanol–water partition coefficient (Wildman–Crippen LogP) is 1.29. The number of amides is 1. The monoisotopic (exact) mass is 438 g/mol. The Balaban J connectivity index is 1.31. The molecule has 1 aromatic heterocycles. The van der Waals surface area contributed by atoms with Crippen LogP contribution in [0.2, 0.25) is 0 Å². The zero-order chi connectivity index (χ0) is 20.4. The van der Waals surface area contributed by atoms with E-state index in [1.54, 1.807) is 18.2 Å². The van der Waals surface area contributed by atoms with Crippen LogP contribution in [0.4, 0.5) is 5.69 Å². The van der Waals surface area contributed by atoms with Crippen molar-refractivity contribution in [3.8, 4) is 11.5 Å². The maximum atomic E-state index is 12.3. The van der Waals surface area contributed by atoms with Gasteiger partial charge in [-0.1, -0.05) is 11.8 Å². The minimum Gasteiger partial charge on any atom is -0.486 e. The van der Waals surface area contributed by atoms with Gasteiger partial charge in [0.05, 0.1) is 17.3 Å². The Morgan fingerprint density at radius 3 is 2.83 bits per heavy atom. The number of sulfone groups is 1. The molecule has 11 heteroatoms. The van der Waals surface area contributed by atoms with E-state index in [2.05, 4.69) is 15.5 Å². The second-order valence-corrected chi connectivity index (χ2v) is 10.3. The molecule has 1 saturated heterocycles. The maximum Gasteiger partial charge on any atom is 0.234 e. The van der Waals surface area contributed by atoms with Gasteiger partial charge in [-0.15, -0.1) is 10.2 Å². The molecule has 1 aromatic carbocycles. The largest absolute Gasteiger partial charge is 0.486 e. The smallest absolute Gasteiger partial charge is 0.234 e. The van der Waals surface area contributed by atoms with Gasteiger partial charge in [0.25, 0.3) is 0 Å². The number of hydrogen-bond donors (Lipinski definition) is 1.